The summed E-state index contributed by atoms with van der Waals surface area (Å²) in [6.07, 6.45) is 3.09. The third-order valence-electron chi connectivity index (χ3n) is 6.41. The molecular weight excluding hydrogens is 356 g/mol. The first-order valence-electron chi connectivity index (χ1n) is 10.0. The van der Waals surface area contributed by atoms with Crippen molar-refractivity contribution in [2.24, 2.45) is 5.41 Å². The number of carbonyl (C=O) groups is 2. The summed E-state index contributed by atoms with van der Waals surface area (Å²) in [4.78, 5) is 28.4. The maximum atomic E-state index is 13.6. The molecule has 1 aromatic heterocycles. The van der Waals surface area contributed by atoms with Gasteiger partial charge in [-0.05, 0) is 39.5 Å². The van der Waals surface area contributed by atoms with Gasteiger partial charge in [-0.1, -0.05) is 42.4 Å². The molecule has 2 bridgehead atoms. The first-order chi connectivity index (χ1) is 13.5. The van der Waals surface area contributed by atoms with E-state index in [0.717, 1.165) is 18.4 Å². The van der Waals surface area contributed by atoms with Gasteiger partial charge in [0, 0.05) is 17.6 Å². The summed E-state index contributed by atoms with van der Waals surface area (Å²) < 4.78 is 10.8. The lowest BCUT2D eigenvalue weighted by atomic mass is 9.72. The number of esters is 1. The van der Waals surface area contributed by atoms with E-state index in [1.54, 1.807) is 6.92 Å². The molecule has 0 spiro atoms. The summed E-state index contributed by atoms with van der Waals surface area (Å²) in [6, 6.07) is 9.51. The number of nitrogens with zero attached hydrogens (tertiary/aromatic N) is 2. The number of fused-ring (bicyclic) bond motifs is 2. The van der Waals surface area contributed by atoms with Crippen molar-refractivity contribution in [1.29, 1.82) is 0 Å². The Labute approximate surface area is 164 Å². The Morgan fingerprint density at radius 2 is 2.00 bits per heavy atom. The highest BCUT2D eigenvalue weighted by Gasteiger charge is 2.61. The molecule has 0 aliphatic carbocycles. The summed E-state index contributed by atoms with van der Waals surface area (Å²) in [5.74, 6) is 0.242. The van der Waals surface area contributed by atoms with Crippen LogP contribution >= 0.6 is 0 Å². The number of aryl methyl sites for hydroxylation is 1. The Morgan fingerprint density at radius 3 is 2.68 bits per heavy atom. The normalized spacial score (nSPS) is 25.9. The molecule has 2 aliphatic rings. The fraction of sp³-hybridized carbons (Fsp3) is 0.500. The molecule has 1 aromatic carbocycles. The minimum atomic E-state index is -0.605. The highest BCUT2D eigenvalue weighted by atomic mass is 16.5. The molecule has 2 saturated heterocycles. The molecule has 0 radical (unpaired) electrons. The van der Waals surface area contributed by atoms with Crippen LogP contribution in [0, 0.1) is 12.3 Å². The van der Waals surface area contributed by atoms with E-state index in [1.165, 1.54) is 0 Å². The van der Waals surface area contributed by atoms with Crippen molar-refractivity contribution in [3.8, 4) is 11.3 Å². The Morgan fingerprint density at radius 1 is 1.25 bits per heavy atom. The average Bonchev–Trinajstić information content (AvgIpc) is 3.39. The molecule has 6 heteroatoms. The number of aromatic nitrogens is 1. The molecule has 0 unspecified atom stereocenters. The van der Waals surface area contributed by atoms with Crippen LogP contribution in [0.3, 0.4) is 0 Å². The van der Waals surface area contributed by atoms with Crippen molar-refractivity contribution in [3.05, 3.63) is 41.7 Å². The van der Waals surface area contributed by atoms with Crippen LogP contribution in [0.15, 0.2) is 34.9 Å². The van der Waals surface area contributed by atoms with Gasteiger partial charge in [-0.15, -0.1) is 0 Å². The molecule has 6 nitrogen and oxygen atoms in total. The first-order valence-corrected chi connectivity index (χ1v) is 10.0. The quantitative estimate of drug-likeness (QED) is 0.731. The number of carbonyl (C=O) groups excluding carboxylic acids is 2. The minimum Gasteiger partial charge on any atom is -0.466 e. The number of hydrogen-bond acceptors (Lipinski definition) is 5. The van der Waals surface area contributed by atoms with Crippen LogP contribution < -0.4 is 0 Å². The number of rotatable bonds is 5. The maximum absolute atomic E-state index is 13.6. The monoisotopic (exact) mass is 382 g/mol. The van der Waals surface area contributed by atoms with Gasteiger partial charge >= 0.3 is 5.97 Å². The van der Waals surface area contributed by atoms with Crippen molar-refractivity contribution >= 4 is 11.9 Å². The fourth-order valence-electron chi connectivity index (χ4n) is 5.05. The average molecular weight is 382 g/mol. The second kappa shape index (κ2) is 7.08. The standard InChI is InChI=1S/C22H26N2O4/c1-4-22(21(26)27-5-2)13-16-11-12-17(22)24(16)20(25)18-14(3)28-23-19(18)15-9-7-6-8-10-15/h6-10,16-17H,4-5,11-13H2,1-3H3/t16-,17+,22+/m1/s1. The summed E-state index contributed by atoms with van der Waals surface area (Å²) in [5.41, 5.74) is 1.31. The van der Waals surface area contributed by atoms with Crippen LogP contribution in [-0.4, -0.2) is 40.6 Å². The SMILES string of the molecule is CCOC(=O)[C@@]1(CC)C[C@H]2CC[C@@H]1N2C(=O)c1c(-c2ccccc2)noc1C. The van der Waals surface area contributed by atoms with Crippen LogP contribution in [0.2, 0.25) is 0 Å². The highest BCUT2D eigenvalue weighted by molar-refractivity contribution is 6.02. The van der Waals surface area contributed by atoms with Crippen molar-refractivity contribution in [2.45, 2.75) is 58.5 Å². The van der Waals surface area contributed by atoms with Gasteiger partial charge in [0.25, 0.3) is 5.91 Å². The van der Waals surface area contributed by atoms with Gasteiger partial charge in [0.2, 0.25) is 0 Å². The lowest BCUT2D eigenvalue weighted by Crippen LogP contribution is -2.45. The third-order valence-corrected chi connectivity index (χ3v) is 6.41. The number of hydrogen-bond donors (Lipinski definition) is 0. The fourth-order valence-corrected chi connectivity index (χ4v) is 5.05. The molecule has 3 heterocycles. The zero-order valence-corrected chi connectivity index (χ0v) is 16.6. The topological polar surface area (TPSA) is 72.6 Å². The zero-order valence-electron chi connectivity index (χ0n) is 16.6. The van der Waals surface area contributed by atoms with Crippen LogP contribution in [0.4, 0.5) is 0 Å². The predicted molar refractivity (Wildman–Crippen MR) is 104 cm³/mol. The van der Waals surface area contributed by atoms with Crippen LogP contribution in [-0.2, 0) is 9.53 Å². The first kappa shape index (κ1) is 18.7. The molecule has 0 N–H and O–H groups in total. The van der Waals surface area contributed by atoms with E-state index in [1.807, 2.05) is 49.1 Å². The van der Waals surface area contributed by atoms with Crippen LogP contribution in [0.5, 0.6) is 0 Å². The minimum absolute atomic E-state index is 0.0554. The van der Waals surface area contributed by atoms with Crippen molar-refractivity contribution in [2.75, 3.05) is 6.61 Å². The van der Waals surface area contributed by atoms with Gasteiger partial charge in [0.15, 0.2) is 0 Å². The van der Waals surface area contributed by atoms with Crippen molar-refractivity contribution in [1.82, 2.24) is 10.1 Å². The zero-order chi connectivity index (χ0) is 19.9. The van der Waals surface area contributed by atoms with Crippen LogP contribution in [0.1, 0.15) is 55.6 Å². The van der Waals surface area contributed by atoms with E-state index in [9.17, 15) is 9.59 Å². The molecule has 2 aromatic rings. The maximum Gasteiger partial charge on any atom is 0.314 e. The van der Waals surface area contributed by atoms with Crippen molar-refractivity contribution in [3.63, 3.8) is 0 Å². The second-order valence-electron chi connectivity index (χ2n) is 7.72. The second-order valence-corrected chi connectivity index (χ2v) is 7.72. The van der Waals surface area contributed by atoms with Gasteiger partial charge in [-0.2, -0.15) is 0 Å². The van der Waals surface area contributed by atoms with Gasteiger partial charge in [0.1, 0.15) is 17.0 Å². The summed E-state index contributed by atoms with van der Waals surface area (Å²) in [7, 11) is 0. The van der Waals surface area contributed by atoms with E-state index in [0.29, 0.717) is 36.5 Å². The molecule has 0 saturated carbocycles. The molecule has 1 amide bonds. The number of ether oxygens (including phenoxy) is 1. The number of amides is 1. The largest absolute Gasteiger partial charge is 0.466 e. The van der Waals surface area contributed by atoms with Gasteiger partial charge in [-0.25, -0.2) is 0 Å². The molecule has 148 valence electrons. The van der Waals surface area contributed by atoms with E-state index in [4.69, 9.17) is 9.26 Å². The van der Waals surface area contributed by atoms with Crippen molar-refractivity contribution < 1.29 is 18.8 Å². The van der Waals surface area contributed by atoms with E-state index in [-0.39, 0.29) is 24.0 Å². The Hall–Kier alpha value is -2.63. The van der Waals surface area contributed by atoms with Gasteiger partial charge < -0.3 is 14.2 Å². The lowest BCUT2D eigenvalue weighted by Gasteiger charge is -2.34. The molecule has 2 aliphatic heterocycles. The van der Waals surface area contributed by atoms with E-state index in [2.05, 4.69) is 5.16 Å². The van der Waals surface area contributed by atoms with Gasteiger partial charge in [0.05, 0.1) is 12.0 Å². The molecule has 2 fully saturated rings. The Balaban J connectivity index is 1.71. The summed E-state index contributed by atoms with van der Waals surface area (Å²) >= 11 is 0. The Bertz CT molecular complexity index is 891. The summed E-state index contributed by atoms with van der Waals surface area (Å²) in [5, 5.41) is 4.16. The molecular formula is C22H26N2O4. The summed E-state index contributed by atoms with van der Waals surface area (Å²) in [6.45, 7) is 5.96. The Kier molecular flexibility index (Phi) is 4.73. The smallest absolute Gasteiger partial charge is 0.314 e. The third kappa shape index (κ3) is 2.65. The molecule has 3 atom stereocenters. The highest BCUT2D eigenvalue weighted by Crippen LogP contribution is 2.53. The molecule has 28 heavy (non-hydrogen) atoms. The van der Waals surface area contributed by atoms with E-state index < -0.39 is 5.41 Å². The number of benzene rings is 1. The lowest BCUT2D eigenvalue weighted by molar-refractivity contribution is -0.157. The predicted octanol–water partition coefficient (Wildman–Crippen LogP) is 3.99. The van der Waals surface area contributed by atoms with E-state index >= 15 is 0 Å². The van der Waals surface area contributed by atoms with Gasteiger partial charge in [-0.3, -0.25) is 9.59 Å². The molecule has 4 rings (SSSR count). The van der Waals surface area contributed by atoms with Crippen LogP contribution in [0.25, 0.3) is 11.3 Å².